The maximum Gasteiger partial charge on any atom is 0.319 e. The summed E-state index contributed by atoms with van der Waals surface area (Å²) in [7, 11) is 0. The van der Waals surface area contributed by atoms with Crippen LogP contribution in [0.15, 0.2) is 30.3 Å². The monoisotopic (exact) mass is 310 g/mol. The first-order chi connectivity index (χ1) is 11.1. The van der Waals surface area contributed by atoms with Crippen molar-refractivity contribution < 1.29 is 14.7 Å². The molecule has 23 heavy (non-hydrogen) atoms. The highest BCUT2D eigenvalue weighted by Gasteiger charge is 2.35. The fraction of sp³-hybridized carbons (Fsp3) is 0.333. The summed E-state index contributed by atoms with van der Waals surface area (Å²) in [6.45, 7) is 0. The number of hydrogen-bond acceptors (Lipinski definition) is 2. The smallest absolute Gasteiger partial charge is 0.319 e. The molecule has 2 aromatic carbocycles. The first-order valence-corrected chi connectivity index (χ1v) is 7.95. The minimum atomic E-state index is -0.782. The van der Waals surface area contributed by atoms with Gasteiger partial charge in [-0.25, -0.2) is 4.79 Å². The van der Waals surface area contributed by atoms with E-state index in [1.165, 1.54) is 16.5 Å². The standard InChI is InChI=1S/C18H18N2O3/c21-17(22)12-8-13(9-12)19-18(23)20-15-7-6-11-5-4-10-2-1-3-14(15)16(10)11/h1-3,6-7,12-13H,4-5,8-9H2,(H,21,22)(H2,19,20,23). The second-order valence-corrected chi connectivity index (χ2v) is 6.41. The fourth-order valence-electron chi connectivity index (χ4n) is 3.64. The van der Waals surface area contributed by atoms with Crippen molar-refractivity contribution in [3.05, 3.63) is 41.5 Å². The van der Waals surface area contributed by atoms with E-state index in [2.05, 4.69) is 22.8 Å². The number of amides is 2. The normalized spacial score (nSPS) is 21.7. The zero-order valence-electron chi connectivity index (χ0n) is 12.6. The Bertz CT molecular complexity index is 799. The first kappa shape index (κ1) is 14.1. The number of urea groups is 1. The van der Waals surface area contributed by atoms with Crippen LogP contribution >= 0.6 is 0 Å². The molecule has 5 nitrogen and oxygen atoms in total. The lowest BCUT2D eigenvalue weighted by Crippen LogP contribution is -2.48. The highest BCUT2D eigenvalue weighted by atomic mass is 16.4. The van der Waals surface area contributed by atoms with E-state index in [9.17, 15) is 9.59 Å². The Morgan fingerprint density at radius 3 is 2.52 bits per heavy atom. The SMILES string of the molecule is O=C(Nc1ccc2c3c(cccc13)CC2)NC1CC(C(=O)O)C1. The van der Waals surface area contributed by atoms with Crippen molar-refractivity contribution in [2.24, 2.45) is 5.92 Å². The third-order valence-corrected chi connectivity index (χ3v) is 4.95. The van der Waals surface area contributed by atoms with Gasteiger partial charge in [-0.05, 0) is 48.3 Å². The molecule has 0 aliphatic heterocycles. The second-order valence-electron chi connectivity index (χ2n) is 6.41. The number of carbonyl (C=O) groups is 2. The van der Waals surface area contributed by atoms with Crippen molar-refractivity contribution in [2.45, 2.75) is 31.7 Å². The summed E-state index contributed by atoms with van der Waals surface area (Å²) in [6, 6.07) is 9.92. The van der Waals surface area contributed by atoms with Crippen molar-refractivity contribution >= 4 is 28.5 Å². The largest absolute Gasteiger partial charge is 0.481 e. The highest BCUT2D eigenvalue weighted by Crippen LogP contribution is 2.35. The van der Waals surface area contributed by atoms with E-state index in [1.54, 1.807) is 0 Å². The average molecular weight is 310 g/mol. The predicted molar refractivity (Wildman–Crippen MR) is 87.7 cm³/mol. The van der Waals surface area contributed by atoms with Crippen LogP contribution in [-0.2, 0) is 17.6 Å². The van der Waals surface area contributed by atoms with E-state index in [4.69, 9.17) is 5.11 Å². The van der Waals surface area contributed by atoms with Gasteiger partial charge in [0.15, 0.2) is 0 Å². The molecule has 5 heteroatoms. The topological polar surface area (TPSA) is 78.4 Å². The van der Waals surface area contributed by atoms with Crippen LogP contribution in [0.25, 0.3) is 10.8 Å². The summed E-state index contributed by atoms with van der Waals surface area (Å²) in [5.74, 6) is -1.10. The molecule has 0 bridgehead atoms. The molecule has 0 aromatic heterocycles. The van der Waals surface area contributed by atoms with Crippen LogP contribution in [-0.4, -0.2) is 23.1 Å². The van der Waals surface area contributed by atoms with Crippen LogP contribution in [0.5, 0.6) is 0 Å². The molecule has 0 heterocycles. The van der Waals surface area contributed by atoms with E-state index in [0.717, 1.165) is 23.9 Å². The van der Waals surface area contributed by atoms with Gasteiger partial charge in [-0.3, -0.25) is 4.79 Å². The van der Waals surface area contributed by atoms with E-state index in [0.29, 0.717) is 12.8 Å². The second kappa shape index (κ2) is 5.26. The Morgan fingerprint density at radius 2 is 1.78 bits per heavy atom. The van der Waals surface area contributed by atoms with Crippen LogP contribution in [0.3, 0.4) is 0 Å². The summed E-state index contributed by atoms with van der Waals surface area (Å²) in [4.78, 5) is 22.9. The number of nitrogens with one attached hydrogen (secondary N) is 2. The molecule has 2 amide bonds. The lowest BCUT2D eigenvalue weighted by atomic mass is 9.80. The summed E-state index contributed by atoms with van der Waals surface area (Å²) in [5, 5.41) is 17.0. The molecule has 0 unspecified atom stereocenters. The van der Waals surface area contributed by atoms with E-state index >= 15 is 0 Å². The number of carboxylic acid groups (broad SMARTS) is 1. The Hall–Kier alpha value is -2.56. The summed E-state index contributed by atoms with van der Waals surface area (Å²) >= 11 is 0. The molecule has 0 atom stereocenters. The van der Waals surface area contributed by atoms with Crippen molar-refractivity contribution in [1.82, 2.24) is 5.32 Å². The van der Waals surface area contributed by atoms with Gasteiger partial charge in [0.05, 0.1) is 11.6 Å². The maximum atomic E-state index is 12.2. The number of carbonyl (C=O) groups excluding carboxylic acids is 1. The molecular formula is C18H18N2O3. The third kappa shape index (κ3) is 2.42. The number of carboxylic acids is 1. The molecule has 0 spiro atoms. The van der Waals surface area contributed by atoms with Gasteiger partial charge in [-0.1, -0.05) is 24.3 Å². The summed E-state index contributed by atoms with van der Waals surface area (Å²) in [6.07, 6.45) is 3.13. The Morgan fingerprint density at radius 1 is 1.04 bits per heavy atom. The predicted octanol–water partition coefficient (Wildman–Crippen LogP) is 2.92. The minimum absolute atomic E-state index is 0.0483. The van der Waals surface area contributed by atoms with Crippen LogP contribution in [0.4, 0.5) is 10.5 Å². The lowest BCUT2D eigenvalue weighted by molar-refractivity contribution is -0.145. The summed E-state index contributed by atoms with van der Waals surface area (Å²) in [5.41, 5.74) is 3.48. The van der Waals surface area contributed by atoms with Crippen molar-refractivity contribution in [1.29, 1.82) is 0 Å². The van der Waals surface area contributed by atoms with Gasteiger partial charge < -0.3 is 15.7 Å². The Labute approximate surface area is 133 Å². The molecule has 3 N–H and O–H groups in total. The minimum Gasteiger partial charge on any atom is -0.481 e. The third-order valence-electron chi connectivity index (χ3n) is 4.95. The van der Waals surface area contributed by atoms with E-state index in [-0.39, 0.29) is 18.0 Å². The van der Waals surface area contributed by atoms with Crippen molar-refractivity contribution in [3.8, 4) is 0 Å². The van der Waals surface area contributed by atoms with Crippen molar-refractivity contribution in [2.75, 3.05) is 5.32 Å². The van der Waals surface area contributed by atoms with Crippen molar-refractivity contribution in [3.63, 3.8) is 0 Å². The average Bonchev–Trinajstić information content (AvgIpc) is 2.90. The Kier molecular flexibility index (Phi) is 3.22. The van der Waals surface area contributed by atoms with Gasteiger partial charge in [-0.2, -0.15) is 0 Å². The molecule has 0 saturated heterocycles. The van der Waals surface area contributed by atoms with Crippen LogP contribution in [0.1, 0.15) is 24.0 Å². The lowest BCUT2D eigenvalue weighted by Gasteiger charge is -2.32. The molecule has 1 fully saturated rings. The molecule has 1 saturated carbocycles. The number of benzene rings is 2. The molecule has 4 rings (SSSR count). The number of hydrogen-bond donors (Lipinski definition) is 3. The van der Waals surface area contributed by atoms with E-state index < -0.39 is 5.97 Å². The number of aryl methyl sites for hydroxylation is 2. The highest BCUT2D eigenvalue weighted by molar-refractivity contribution is 6.04. The fourth-order valence-corrected chi connectivity index (χ4v) is 3.64. The van der Waals surface area contributed by atoms with E-state index in [1.807, 2.05) is 18.2 Å². The molecule has 118 valence electrons. The van der Waals surface area contributed by atoms with Gasteiger partial charge in [0.1, 0.15) is 0 Å². The van der Waals surface area contributed by atoms with Gasteiger partial charge in [0.25, 0.3) is 0 Å². The molecule has 0 radical (unpaired) electrons. The number of rotatable bonds is 3. The Balaban J connectivity index is 1.49. The number of anilines is 1. The van der Waals surface area contributed by atoms with Gasteiger partial charge in [0, 0.05) is 11.4 Å². The quantitative estimate of drug-likeness (QED) is 0.815. The van der Waals surface area contributed by atoms with Crippen LogP contribution in [0.2, 0.25) is 0 Å². The number of aliphatic carboxylic acids is 1. The van der Waals surface area contributed by atoms with Gasteiger partial charge in [-0.15, -0.1) is 0 Å². The zero-order chi connectivity index (χ0) is 16.0. The zero-order valence-corrected chi connectivity index (χ0v) is 12.6. The maximum absolute atomic E-state index is 12.2. The molecular weight excluding hydrogens is 292 g/mol. The summed E-state index contributed by atoms with van der Waals surface area (Å²) < 4.78 is 0. The first-order valence-electron chi connectivity index (χ1n) is 7.95. The van der Waals surface area contributed by atoms with Gasteiger partial charge >= 0.3 is 12.0 Å². The molecule has 2 aliphatic carbocycles. The van der Waals surface area contributed by atoms with Crippen LogP contribution < -0.4 is 10.6 Å². The van der Waals surface area contributed by atoms with Crippen LogP contribution in [0, 0.1) is 5.92 Å². The molecule has 2 aromatic rings. The molecule has 2 aliphatic rings. The van der Waals surface area contributed by atoms with Gasteiger partial charge in [0.2, 0.25) is 0 Å².